The van der Waals surface area contributed by atoms with Gasteiger partial charge in [-0.1, -0.05) is 41.1 Å². The monoisotopic (exact) mass is 339 g/mol. The lowest BCUT2D eigenvalue weighted by Crippen LogP contribution is -2.27. The lowest BCUT2D eigenvalue weighted by molar-refractivity contribution is 0.120. The second kappa shape index (κ2) is 8.81. The fourth-order valence-electron chi connectivity index (χ4n) is 2.37. The van der Waals surface area contributed by atoms with E-state index in [9.17, 15) is 0 Å². The molecular weight excluding hydrogens is 314 g/mol. The van der Waals surface area contributed by atoms with Crippen molar-refractivity contribution in [2.45, 2.75) is 45.1 Å². The Hall–Kier alpha value is -0.380. The molecule has 1 aromatic rings. The van der Waals surface area contributed by atoms with Crippen molar-refractivity contribution in [3.05, 3.63) is 34.3 Å². The number of hydrogen-bond acceptors (Lipinski definition) is 2. The first-order chi connectivity index (χ1) is 9.79. The van der Waals surface area contributed by atoms with Crippen molar-refractivity contribution < 1.29 is 4.74 Å². The summed E-state index contributed by atoms with van der Waals surface area (Å²) in [4.78, 5) is 0. The highest BCUT2D eigenvalue weighted by atomic mass is 79.9. The van der Waals surface area contributed by atoms with E-state index in [-0.39, 0.29) is 0 Å². The molecule has 0 aromatic heterocycles. The fraction of sp³-hybridized carbons (Fsp3) is 0.647. The summed E-state index contributed by atoms with van der Waals surface area (Å²) < 4.78 is 6.89. The average Bonchev–Trinajstić information content (AvgIpc) is 3.27. The van der Waals surface area contributed by atoms with E-state index >= 15 is 0 Å². The van der Waals surface area contributed by atoms with Gasteiger partial charge in [0, 0.05) is 23.7 Å². The second-order valence-corrected chi connectivity index (χ2v) is 6.60. The van der Waals surface area contributed by atoms with Gasteiger partial charge < -0.3 is 10.1 Å². The van der Waals surface area contributed by atoms with E-state index in [2.05, 4.69) is 52.4 Å². The summed E-state index contributed by atoms with van der Waals surface area (Å²) >= 11 is 3.66. The number of halogens is 1. The molecule has 0 heterocycles. The minimum absolute atomic E-state index is 0.658. The smallest absolute Gasteiger partial charge is 0.0469 e. The van der Waals surface area contributed by atoms with Crippen LogP contribution < -0.4 is 5.32 Å². The first-order valence-electron chi connectivity index (χ1n) is 7.84. The van der Waals surface area contributed by atoms with Gasteiger partial charge in [0.2, 0.25) is 0 Å². The molecule has 2 rings (SSSR count). The molecule has 0 aliphatic heterocycles. The molecule has 1 aromatic carbocycles. The van der Waals surface area contributed by atoms with Gasteiger partial charge in [-0.3, -0.25) is 0 Å². The van der Waals surface area contributed by atoms with Crippen molar-refractivity contribution >= 4 is 15.9 Å². The van der Waals surface area contributed by atoms with E-state index in [0.29, 0.717) is 5.92 Å². The zero-order valence-electron chi connectivity index (χ0n) is 12.4. The standard InChI is InChI=1S/C17H26BrNO/c1-2-10-20-11-9-14(13-19-16-7-8-16)12-15-5-3-4-6-17(15)18/h3-6,14,16,19H,2,7-13H2,1H3. The summed E-state index contributed by atoms with van der Waals surface area (Å²) in [5.74, 6) is 0.658. The average molecular weight is 340 g/mol. The van der Waals surface area contributed by atoms with Crippen LogP contribution in [0.4, 0.5) is 0 Å². The Labute approximate surface area is 131 Å². The van der Waals surface area contributed by atoms with Crippen molar-refractivity contribution in [2.75, 3.05) is 19.8 Å². The van der Waals surface area contributed by atoms with Crippen molar-refractivity contribution in [1.29, 1.82) is 0 Å². The molecule has 20 heavy (non-hydrogen) atoms. The van der Waals surface area contributed by atoms with E-state index in [4.69, 9.17) is 4.74 Å². The Morgan fingerprint density at radius 1 is 1.30 bits per heavy atom. The van der Waals surface area contributed by atoms with E-state index in [0.717, 1.165) is 45.1 Å². The third-order valence-electron chi connectivity index (χ3n) is 3.76. The van der Waals surface area contributed by atoms with Crippen LogP contribution in [-0.4, -0.2) is 25.8 Å². The summed E-state index contributed by atoms with van der Waals surface area (Å²) in [6.45, 7) is 5.04. The predicted octanol–water partition coefficient (Wildman–Crippen LogP) is 4.18. The molecule has 112 valence electrons. The molecule has 1 atom stereocenters. The molecule has 0 saturated heterocycles. The van der Waals surface area contributed by atoms with E-state index < -0.39 is 0 Å². The Bertz CT molecular complexity index is 392. The molecule has 1 fully saturated rings. The Kier molecular flexibility index (Phi) is 7.05. The van der Waals surface area contributed by atoms with Gasteiger partial charge >= 0.3 is 0 Å². The topological polar surface area (TPSA) is 21.3 Å². The van der Waals surface area contributed by atoms with Crippen LogP contribution in [0.3, 0.4) is 0 Å². The quantitative estimate of drug-likeness (QED) is 0.645. The van der Waals surface area contributed by atoms with Gasteiger partial charge in [0.15, 0.2) is 0 Å². The lowest BCUT2D eigenvalue weighted by Gasteiger charge is -2.18. The third-order valence-corrected chi connectivity index (χ3v) is 4.53. The fourth-order valence-corrected chi connectivity index (χ4v) is 2.82. The highest BCUT2D eigenvalue weighted by Gasteiger charge is 2.22. The summed E-state index contributed by atoms with van der Waals surface area (Å²) in [6, 6.07) is 9.34. The molecule has 1 unspecified atom stereocenters. The summed E-state index contributed by atoms with van der Waals surface area (Å²) in [5.41, 5.74) is 1.41. The van der Waals surface area contributed by atoms with E-state index in [1.54, 1.807) is 0 Å². The van der Waals surface area contributed by atoms with Crippen LogP contribution in [0.5, 0.6) is 0 Å². The normalized spacial score (nSPS) is 16.3. The molecular formula is C17H26BrNO. The van der Waals surface area contributed by atoms with Crippen molar-refractivity contribution in [1.82, 2.24) is 5.32 Å². The minimum atomic E-state index is 0.658. The van der Waals surface area contributed by atoms with Crippen LogP contribution >= 0.6 is 15.9 Å². The molecule has 1 aliphatic carbocycles. The molecule has 3 heteroatoms. The number of nitrogens with one attached hydrogen (secondary N) is 1. The van der Waals surface area contributed by atoms with Crippen molar-refractivity contribution in [3.63, 3.8) is 0 Å². The molecule has 0 bridgehead atoms. The highest BCUT2D eigenvalue weighted by molar-refractivity contribution is 9.10. The zero-order chi connectivity index (χ0) is 14.2. The first kappa shape index (κ1) is 16.0. The molecule has 1 saturated carbocycles. The predicted molar refractivity (Wildman–Crippen MR) is 88.1 cm³/mol. The van der Waals surface area contributed by atoms with Gasteiger partial charge in [0.05, 0.1) is 0 Å². The highest BCUT2D eigenvalue weighted by Crippen LogP contribution is 2.23. The van der Waals surface area contributed by atoms with Crippen molar-refractivity contribution in [3.8, 4) is 0 Å². The van der Waals surface area contributed by atoms with Crippen LogP contribution in [0.15, 0.2) is 28.7 Å². The maximum atomic E-state index is 5.66. The van der Waals surface area contributed by atoms with Gasteiger partial charge in [-0.15, -0.1) is 0 Å². The molecule has 1 aliphatic rings. The lowest BCUT2D eigenvalue weighted by atomic mass is 9.96. The number of ether oxygens (including phenoxy) is 1. The Morgan fingerprint density at radius 2 is 2.10 bits per heavy atom. The van der Waals surface area contributed by atoms with Crippen LogP contribution in [0, 0.1) is 5.92 Å². The maximum Gasteiger partial charge on any atom is 0.0469 e. The van der Waals surface area contributed by atoms with Gasteiger partial charge in [-0.2, -0.15) is 0 Å². The molecule has 0 spiro atoms. The van der Waals surface area contributed by atoms with Gasteiger partial charge in [-0.05, 0) is 56.2 Å². The molecule has 2 nitrogen and oxygen atoms in total. The van der Waals surface area contributed by atoms with Gasteiger partial charge in [0.1, 0.15) is 0 Å². The zero-order valence-corrected chi connectivity index (χ0v) is 14.0. The van der Waals surface area contributed by atoms with E-state index in [1.165, 1.54) is 22.9 Å². The summed E-state index contributed by atoms with van der Waals surface area (Å²) in [5, 5.41) is 3.67. The second-order valence-electron chi connectivity index (χ2n) is 5.75. The SMILES string of the molecule is CCCOCCC(CNC1CC1)Cc1ccccc1Br. The molecule has 1 N–H and O–H groups in total. The molecule has 0 amide bonds. The Morgan fingerprint density at radius 3 is 2.80 bits per heavy atom. The van der Waals surface area contributed by atoms with Crippen molar-refractivity contribution in [2.24, 2.45) is 5.92 Å². The first-order valence-corrected chi connectivity index (χ1v) is 8.63. The van der Waals surface area contributed by atoms with Crippen LogP contribution in [0.2, 0.25) is 0 Å². The summed E-state index contributed by atoms with van der Waals surface area (Å²) in [7, 11) is 0. The van der Waals surface area contributed by atoms with Crippen LogP contribution in [0.1, 0.15) is 38.2 Å². The van der Waals surface area contributed by atoms with Crippen LogP contribution in [0.25, 0.3) is 0 Å². The summed E-state index contributed by atoms with van der Waals surface area (Å²) in [6.07, 6.45) is 6.08. The maximum absolute atomic E-state index is 5.66. The third kappa shape index (κ3) is 5.94. The number of rotatable bonds is 10. The number of benzene rings is 1. The largest absolute Gasteiger partial charge is 0.381 e. The van der Waals surface area contributed by atoms with Crippen LogP contribution in [-0.2, 0) is 11.2 Å². The van der Waals surface area contributed by atoms with Gasteiger partial charge in [0.25, 0.3) is 0 Å². The van der Waals surface area contributed by atoms with Gasteiger partial charge in [-0.25, -0.2) is 0 Å². The Balaban J connectivity index is 1.81. The minimum Gasteiger partial charge on any atom is -0.381 e. The van der Waals surface area contributed by atoms with E-state index in [1.807, 2.05) is 0 Å². The number of hydrogen-bond donors (Lipinski definition) is 1. The molecule has 0 radical (unpaired) electrons.